The number of fused-ring (bicyclic) bond motifs is 1. The molecule has 0 amide bonds. The van der Waals surface area contributed by atoms with Crippen LogP contribution in [0.4, 0.5) is 5.69 Å². The van der Waals surface area contributed by atoms with Crippen molar-refractivity contribution in [1.82, 2.24) is 0 Å². The van der Waals surface area contributed by atoms with Crippen LogP contribution >= 0.6 is 0 Å². The van der Waals surface area contributed by atoms with E-state index in [0.717, 1.165) is 0 Å². The minimum atomic E-state index is 0.0702. The van der Waals surface area contributed by atoms with E-state index < -0.39 is 0 Å². The van der Waals surface area contributed by atoms with Crippen molar-refractivity contribution in [3.8, 4) is 0 Å². The van der Waals surface area contributed by atoms with Crippen molar-refractivity contribution >= 4 is 5.69 Å². The van der Waals surface area contributed by atoms with Gasteiger partial charge in [0.2, 0.25) is 0 Å². The minimum absolute atomic E-state index is 0.0702. The quantitative estimate of drug-likeness (QED) is 0.798. The number of rotatable bonds is 1. The van der Waals surface area contributed by atoms with E-state index in [2.05, 4.69) is 63.4 Å². The summed E-state index contributed by atoms with van der Waals surface area (Å²) in [5.41, 5.74) is 10.8. The standard InChI is InChI=1S/C17H24N2/c1-12-7-8-19-16-6-5-14(11-18)10-15(16)17(3,4)13(2)9-12/h5-10,13,19H,11,18H2,1-4H3/b8-7-,12-9-/t13-/m1/s1. The van der Waals surface area contributed by atoms with Crippen LogP contribution < -0.4 is 11.1 Å². The Balaban J connectivity index is 2.59. The summed E-state index contributed by atoms with van der Waals surface area (Å²) in [6, 6.07) is 6.47. The normalized spacial score (nSPS) is 25.9. The first-order chi connectivity index (χ1) is 8.95. The second-order valence-corrected chi connectivity index (χ2v) is 5.98. The number of nitrogens with two attached hydrogens (primary N) is 1. The Morgan fingerprint density at radius 1 is 1.32 bits per heavy atom. The highest BCUT2D eigenvalue weighted by molar-refractivity contribution is 5.58. The maximum Gasteiger partial charge on any atom is 0.0418 e. The Bertz CT molecular complexity index is 524. The topological polar surface area (TPSA) is 38.0 Å². The van der Waals surface area contributed by atoms with Crippen molar-refractivity contribution in [2.24, 2.45) is 11.7 Å². The second kappa shape index (κ2) is 5.22. The Morgan fingerprint density at radius 3 is 2.74 bits per heavy atom. The van der Waals surface area contributed by atoms with Crippen molar-refractivity contribution in [3.63, 3.8) is 0 Å². The highest BCUT2D eigenvalue weighted by Gasteiger charge is 2.29. The number of nitrogens with one attached hydrogen (secondary N) is 1. The Morgan fingerprint density at radius 2 is 2.05 bits per heavy atom. The molecule has 0 radical (unpaired) electrons. The SMILES string of the molecule is CC1=C/[C@@H](C)C(C)(C)c2cc(CN)ccc2N/C=C\1. The summed E-state index contributed by atoms with van der Waals surface area (Å²) >= 11 is 0. The van der Waals surface area contributed by atoms with Gasteiger partial charge in [-0.1, -0.05) is 44.6 Å². The van der Waals surface area contributed by atoms with Crippen LogP contribution in [0.5, 0.6) is 0 Å². The van der Waals surface area contributed by atoms with Gasteiger partial charge in [0, 0.05) is 18.4 Å². The molecule has 1 heterocycles. The molecule has 1 aliphatic heterocycles. The van der Waals surface area contributed by atoms with Gasteiger partial charge in [0.25, 0.3) is 0 Å². The lowest BCUT2D eigenvalue weighted by Crippen LogP contribution is -2.26. The number of benzene rings is 1. The first-order valence-corrected chi connectivity index (χ1v) is 6.90. The van der Waals surface area contributed by atoms with Crippen LogP contribution in [-0.2, 0) is 12.0 Å². The van der Waals surface area contributed by atoms with E-state index in [4.69, 9.17) is 5.73 Å². The minimum Gasteiger partial charge on any atom is -0.361 e. The Hall–Kier alpha value is -1.54. The molecule has 2 heteroatoms. The molecule has 0 saturated heterocycles. The highest BCUT2D eigenvalue weighted by atomic mass is 14.8. The van der Waals surface area contributed by atoms with Crippen LogP contribution in [0, 0.1) is 5.92 Å². The van der Waals surface area contributed by atoms with Crippen LogP contribution in [0.25, 0.3) is 0 Å². The zero-order chi connectivity index (χ0) is 14.0. The van der Waals surface area contributed by atoms with Crippen molar-refractivity contribution in [1.29, 1.82) is 0 Å². The summed E-state index contributed by atoms with van der Waals surface area (Å²) < 4.78 is 0. The number of allylic oxidation sites excluding steroid dienone is 3. The van der Waals surface area contributed by atoms with Gasteiger partial charge in [0.15, 0.2) is 0 Å². The van der Waals surface area contributed by atoms with Gasteiger partial charge in [-0.05, 0) is 41.5 Å². The van der Waals surface area contributed by atoms with Crippen LogP contribution in [0.2, 0.25) is 0 Å². The fraction of sp³-hybridized carbons (Fsp3) is 0.412. The van der Waals surface area contributed by atoms with Crippen LogP contribution in [0.3, 0.4) is 0 Å². The molecule has 2 rings (SSSR count). The molecule has 0 spiro atoms. The van der Waals surface area contributed by atoms with Crippen molar-refractivity contribution in [3.05, 3.63) is 53.3 Å². The van der Waals surface area contributed by atoms with Gasteiger partial charge in [0.1, 0.15) is 0 Å². The maximum atomic E-state index is 5.78. The van der Waals surface area contributed by atoms with Gasteiger partial charge in [-0.2, -0.15) is 0 Å². The van der Waals surface area contributed by atoms with Crippen molar-refractivity contribution in [2.75, 3.05) is 5.32 Å². The molecule has 19 heavy (non-hydrogen) atoms. The fourth-order valence-electron chi connectivity index (χ4n) is 2.54. The van der Waals surface area contributed by atoms with E-state index in [-0.39, 0.29) is 5.41 Å². The number of hydrogen-bond acceptors (Lipinski definition) is 2. The van der Waals surface area contributed by atoms with E-state index >= 15 is 0 Å². The molecular weight excluding hydrogens is 232 g/mol. The first-order valence-electron chi connectivity index (χ1n) is 6.90. The summed E-state index contributed by atoms with van der Waals surface area (Å²) in [6.45, 7) is 9.61. The van der Waals surface area contributed by atoms with Gasteiger partial charge < -0.3 is 11.1 Å². The second-order valence-electron chi connectivity index (χ2n) is 5.98. The molecule has 1 aromatic rings. The lowest BCUT2D eigenvalue weighted by molar-refractivity contribution is 0.409. The monoisotopic (exact) mass is 256 g/mol. The lowest BCUT2D eigenvalue weighted by Gasteiger charge is -2.32. The molecule has 0 fully saturated rings. The van der Waals surface area contributed by atoms with E-state index in [9.17, 15) is 0 Å². The zero-order valence-corrected chi connectivity index (χ0v) is 12.3. The maximum absolute atomic E-state index is 5.78. The molecule has 102 valence electrons. The molecule has 1 aliphatic rings. The van der Waals surface area contributed by atoms with E-state index in [1.54, 1.807) is 0 Å². The van der Waals surface area contributed by atoms with Crippen molar-refractivity contribution in [2.45, 2.75) is 39.7 Å². The molecule has 0 unspecified atom stereocenters. The predicted octanol–water partition coefficient (Wildman–Crippen LogP) is 3.94. The molecule has 0 aromatic heterocycles. The highest BCUT2D eigenvalue weighted by Crippen LogP contribution is 2.38. The van der Waals surface area contributed by atoms with Crippen LogP contribution in [0.15, 0.2) is 42.1 Å². The van der Waals surface area contributed by atoms with Gasteiger partial charge in [-0.25, -0.2) is 0 Å². The average molecular weight is 256 g/mol. The summed E-state index contributed by atoms with van der Waals surface area (Å²) in [7, 11) is 0. The fourth-order valence-corrected chi connectivity index (χ4v) is 2.54. The Labute approximate surface area is 116 Å². The Kier molecular flexibility index (Phi) is 3.81. The smallest absolute Gasteiger partial charge is 0.0418 e. The first kappa shape index (κ1) is 13.9. The van der Waals surface area contributed by atoms with Crippen molar-refractivity contribution < 1.29 is 0 Å². The summed E-state index contributed by atoms with van der Waals surface area (Å²) in [6.07, 6.45) is 6.47. The summed E-state index contributed by atoms with van der Waals surface area (Å²) in [5, 5.41) is 3.40. The van der Waals surface area contributed by atoms with Crippen LogP contribution in [0.1, 0.15) is 38.8 Å². The summed E-state index contributed by atoms with van der Waals surface area (Å²) in [4.78, 5) is 0. The number of hydrogen-bond donors (Lipinski definition) is 2. The van der Waals surface area contributed by atoms with Gasteiger partial charge >= 0.3 is 0 Å². The molecule has 0 bridgehead atoms. The zero-order valence-electron chi connectivity index (χ0n) is 12.3. The molecule has 0 aliphatic carbocycles. The molecule has 3 N–H and O–H groups in total. The van der Waals surface area contributed by atoms with Gasteiger partial charge in [-0.3, -0.25) is 0 Å². The van der Waals surface area contributed by atoms with Gasteiger partial charge in [0.05, 0.1) is 0 Å². The third-order valence-electron chi connectivity index (χ3n) is 4.25. The van der Waals surface area contributed by atoms with E-state index in [0.29, 0.717) is 12.5 Å². The molecular formula is C17H24N2. The van der Waals surface area contributed by atoms with E-state index in [1.165, 1.54) is 22.4 Å². The van der Waals surface area contributed by atoms with Gasteiger partial charge in [-0.15, -0.1) is 0 Å². The molecule has 2 nitrogen and oxygen atoms in total. The number of anilines is 1. The van der Waals surface area contributed by atoms with Crippen LogP contribution in [-0.4, -0.2) is 0 Å². The summed E-state index contributed by atoms with van der Waals surface area (Å²) in [5.74, 6) is 0.462. The third kappa shape index (κ3) is 2.74. The third-order valence-corrected chi connectivity index (χ3v) is 4.25. The predicted molar refractivity (Wildman–Crippen MR) is 83.0 cm³/mol. The molecule has 1 atom stereocenters. The molecule has 0 saturated carbocycles. The average Bonchev–Trinajstić information content (AvgIpc) is 2.41. The van der Waals surface area contributed by atoms with E-state index in [1.807, 2.05) is 6.20 Å². The lowest BCUT2D eigenvalue weighted by atomic mass is 9.72. The largest absolute Gasteiger partial charge is 0.361 e. The molecule has 1 aromatic carbocycles.